The summed E-state index contributed by atoms with van der Waals surface area (Å²) in [6.07, 6.45) is 6.44. The molecule has 1 aromatic rings. The predicted octanol–water partition coefficient (Wildman–Crippen LogP) is -0.0140. The summed E-state index contributed by atoms with van der Waals surface area (Å²) in [6.45, 7) is 0. The molecular weight excluding hydrogens is 292 g/mol. The lowest BCUT2D eigenvalue weighted by Crippen LogP contribution is -2.92. The molecule has 7 heteroatoms. The average molecular weight is 310 g/mol. The molecule has 3 N–H and O–H groups in total. The number of amides is 1. The van der Waals surface area contributed by atoms with Crippen molar-refractivity contribution in [3.05, 3.63) is 17.0 Å². The first kappa shape index (κ1) is 13.4. The summed E-state index contributed by atoms with van der Waals surface area (Å²) < 4.78 is 0. The highest BCUT2D eigenvalue weighted by Crippen LogP contribution is 2.46. The lowest BCUT2D eigenvalue weighted by atomic mass is 9.90. The first-order chi connectivity index (χ1) is 10.1. The molecule has 2 fully saturated rings. The Hall–Kier alpha value is -1.24. The molecule has 21 heavy (non-hydrogen) atoms. The van der Waals surface area contributed by atoms with E-state index < -0.39 is 11.8 Å². The van der Waals surface area contributed by atoms with Crippen LogP contribution in [-0.2, 0) is 11.2 Å². The van der Waals surface area contributed by atoms with Gasteiger partial charge < -0.3 is 10.0 Å². The molecule has 1 aromatic heterocycles. The predicted molar refractivity (Wildman–Crippen MR) is 75.8 cm³/mol. The minimum atomic E-state index is -0.751. The van der Waals surface area contributed by atoms with Gasteiger partial charge in [-0.2, -0.15) is 0 Å². The number of aliphatic hydroxyl groups excluding tert-OH is 1. The van der Waals surface area contributed by atoms with Crippen LogP contribution in [0.4, 0.5) is 5.82 Å². The number of nitrogens with zero attached hydrogens (tertiary/aromatic N) is 3. The summed E-state index contributed by atoms with van der Waals surface area (Å²) in [5, 5.41) is 12.2. The fourth-order valence-corrected chi connectivity index (χ4v) is 4.36. The molecule has 1 aliphatic carbocycles. The topological polar surface area (TPSA) is 82.9 Å². The Bertz CT molecular complexity index is 605. The fourth-order valence-electron chi connectivity index (χ4n) is 4.23. The Morgan fingerprint density at radius 1 is 1.38 bits per heavy atom. The van der Waals surface area contributed by atoms with Crippen molar-refractivity contribution in [2.75, 3.05) is 4.90 Å². The van der Waals surface area contributed by atoms with Crippen molar-refractivity contribution in [3.63, 3.8) is 0 Å². The van der Waals surface area contributed by atoms with Crippen molar-refractivity contribution in [1.29, 1.82) is 0 Å². The zero-order chi connectivity index (χ0) is 14.6. The molecule has 2 aliphatic heterocycles. The highest BCUT2D eigenvalue weighted by atomic mass is 35.5. The van der Waals surface area contributed by atoms with E-state index in [1.165, 1.54) is 18.2 Å². The molecule has 3 aliphatic rings. The van der Waals surface area contributed by atoms with Crippen molar-refractivity contribution in [3.8, 4) is 0 Å². The zero-order valence-electron chi connectivity index (χ0n) is 11.6. The Kier molecular flexibility index (Phi) is 2.96. The largest absolute Gasteiger partial charge is 0.343 e. The van der Waals surface area contributed by atoms with Crippen molar-refractivity contribution < 1.29 is 15.2 Å². The number of fused-ring (bicyclic) bond motifs is 1. The van der Waals surface area contributed by atoms with Crippen LogP contribution in [-0.4, -0.2) is 38.8 Å². The maximum atomic E-state index is 11.9. The quantitative estimate of drug-likeness (QED) is 0.713. The van der Waals surface area contributed by atoms with Crippen LogP contribution in [0.25, 0.3) is 0 Å². The zero-order valence-corrected chi connectivity index (χ0v) is 12.4. The number of carbonyl (C=O) groups is 1. The van der Waals surface area contributed by atoms with Crippen molar-refractivity contribution >= 4 is 23.3 Å². The van der Waals surface area contributed by atoms with E-state index in [1.807, 2.05) is 0 Å². The standard InChI is InChI=1S/C14H17ClN4O2/c15-13-16-7-8-5-14(6-10(20)17-12(14)21)19(11(8)18-13)9-3-1-2-4-9/h7,9,12,21H,1-6H2,(H,17,20)/p+1. The SMILES string of the molecule is O=C1CC2(Cc3cnc(Cl)nc3N2C2CCCC2)C(O)[NH2+]1. The molecule has 2 atom stereocenters. The van der Waals surface area contributed by atoms with Gasteiger partial charge in [0.1, 0.15) is 11.4 Å². The lowest BCUT2D eigenvalue weighted by molar-refractivity contribution is -0.638. The van der Waals surface area contributed by atoms with E-state index in [-0.39, 0.29) is 11.2 Å². The number of primary amides is 1. The minimum Gasteiger partial charge on any atom is -0.343 e. The molecular formula is C14H18ClN4O2+. The van der Waals surface area contributed by atoms with Crippen LogP contribution in [0.5, 0.6) is 0 Å². The van der Waals surface area contributed by atoms with Gasteiger partial charge in [0, 0.05) is 24.2 Å². The van der Waals surface area contributed by atoms with E-state index in [1.54, 1.807) is 6.20 Å². The molecule has 1 saturated carbocycles. The molecule has 1 amide bonds. The number of aliphatic hydroxyl groups is 1. The second kappa shape index (κ2) is 4.63. The second-order valence-electron chi connectivity index (χ2n) is 6.33. The number of nitrogens with two attached hydrogens (primary N) is 1. The van der Waals surface area contributed by atoms with Crippen molar-refractivity contribution in [2.45, 2.75) is 56.3 Å². The fraction of sp³-hybridized carbons (Fsp3) is 0.643. The molecule has 0 aromatic carbocycles. The van der Waals surface area contributed by atoms with Crippen LogP contribution < -0.4 is 10.2 Å². The van der Waals surface area contributed by atoms with Gasteiger partial charge in [0.2, 0.25) is 11.5 Å². The van der Waals surface area contributed by atoms with E-state index >= 15 is 0 Å². The number of hydrogen-bond acceptors (Lipinski definition) is 5. The summed E-state index contributed by atoms with van der Waals surface area (Å²) in [6, 6.07) is 0.325. The highest BCUT2D eigenvalue weighted by molar-refractivity contribution is 6.28. The van der Waals surface area contributed by atoms with Crippen LogP contribution in [0.1, 0.15) is 37.7 Å². The van der Waals surface area contributed by atoms with Gasteiger partial charge in [0.05, 0.1) is 6.42 Å². The number of aromatic nitrogens is 2. The van der Waals surface area contributed by atoms with Crippen LogP contribution in [0.3, 0.4) is 0 Å². The molecule has 112 valence electrons. The summed E-state index contributed by atoms with van der Waals surface area (Å²) in [4.78, 5) is 22.5. The first-order valence-corrected chi connectivity index (χ1v) is 7.84. The number of anilines is 1. The molecule has 4 rings (SSSR count). The van der Waals surface area contributed by atoms with E-state index in [2.05, 4.69) is 14.9 Å². The van der Waals surface area contributed by atoms with Crippen LogP contribution in [0, 0.1) is 0 Å². The van der Waals surface area contributed by atoms with Gasteiger partial charge in [-0.25, -0.2) is 14.8 Å². The van der Waals surface area contributed by atoms with Gasteiger partial charge in [-0.1, -0.05) is 12.8 Å². The smallest absolute Gasteiger partial charge is 0.315 e. The van der Waals surface area contributed by atoms with Gasteiger partial charge >= 0.3 is 5.91 Å². The Balaban J connectivity index is 1.83. The molecule has 1 spiro atoms. The summed E-state index contributed by atoms with van der Waals surface area (Å²) in [7, 11) is 0. The number of quaternary nitrogens is 1. The maximum Gasteiger partial charge on any atom is 0.315 e. The van der Waals surface area contributed by atoms with E-state index in [4.69, 9.17) is 11.6 Å². The van der Waals surface area contributed by atoms with Crippen molar-refractivity contribution in [2.24, 2.45) is 0 Å². The third kappa shape index (κ3) is 1.89. The third-order valence-electron chi connectivity index (χ3n) is 5.08. The van der Waals surface area contributed by atoms with Crippen LogP contribution in [0.2, 0.25) is 5.28 Å². The Morgan fingerprint density at radius 2 is 2.14 bits per heavy atom. The average Bonchev–Trinajstić information content (AvgIpc) is 3.09. The summed E-state index contributed by atoms with van der Waals surface area (Å²) in [5.41, 5.74) is 0.404. The first-order valence-electron chi connectivity index (χ1n) is 7.47. The summed E-state index contributed by atoms with van der Waals surface area (Å²) in [5.74, 6) is 0.821. The number of halogens is 1. The lowest BCUT2D eigenvalue weighted by Gasteiger charge is -2.39. The van der Waals surface area contributed by atoms with E-state index in [0.717, 1.165) is 24.2 Å². The Morgan fingerprint density at radius 3 is 2.81 bits per heavy atom. The number of rotatable bonds is 1. The van der Waals surface area contributed by atoms with Crippen LogP contribution >= 0.6 is 11.6 Å². The molecule has 1 saturated heterocycles. The minimum absolute atomic E-state index is 0.0114. The molecule has 6 nitrogen and oxygen atoms in total. The Labute approximate surface area is 127 Å². The number of hydrogen-bond donors (Lipinski definition) is 2. The maximum absolute atomic E-state index is 11.9. The van der Waals surface area contributed by atoms with Crippen LogP contribution in [0.15, 0.2) is 6.20 Å². The number of carbonyl (C=O) groups excluding carboxylic acids is 1. The monoisotopic (exact) mass is 309 g/mol. The third-order valence-corrected chi connectivity index (χ3v) is 5.26. The second-order valence-corrected chi connectivity index (χ2v) is 6.67. The van der Waals surface area contributed by atoms with Gasteiger partial charge in [0.15, 0.2) is 0 Å². The molecule has 3 heterocycles. The van der Waals surface area contributed by atoms with Gasteiger partial charge in [-0.3, -0.25) is 5.32 Å². The summed E-state index contributed by atoms with van der Waals surface area (Å²) >= 11 is 5.97. The van der Waals surface area contributed by atoms with Crippen molar-refractivity contribution in [1.82, 2.24) is 9.97 Å². The van der Waals surface area contributed by atoms with Gasteiger partial charge in [0.25, 0.3) is 0 Å². The normalized spacial score (nSPS) is 32.4. The molecule has 0 radical (unpaired) electrons. The molecule has 2 unspecified atom stereocenters. The van der Waals surface area contributed by atoms with Gasteiger partial charge in [-0.05, 0) is 24.4 Å². The van der Waals surface area contributed by atoms with Gasteiger partial charge in [-0.15, -0.1) is 0 Å². The van der Waals surface area contributed by atoms with E-state index in [0.29, 0.717) is 18.9 Å². The highest BCUT2D eigenvalue weighted by Gasteiger charge is 2.60. The van der Waals surface area contributed by atoms with E-state index in [9.17, 15) is 9.90 Å². The molecule has 0 bridgehead atoms.